The molecule has 21 nitrogen and oxygen atoms in total. The highest BCUT2D eigenvalue weighted by Crippen LogP contribution is 2.25. The van der Waals surface area contributed by atoms with Crippen LogP contribution in [0.25, 0.3) is 16.7 Å². The minimum absolute atomic E-state index is 0. The van der Waals surface area contributed by atoms with Crippen LogP contribution in [-0.4, -0.2) is 105 Å². The average molecular weight is 792 g/mol. The Bertz CT molecular complexity index is 1940. The van der Waals surface area contributed by atoms with Gasteiger partial charge in [-0.2, -0.15) is 9.77 Å². The van der Waals surface area contributed by atoms with Crippen molar-refractivity contribution in [2.75, 3.05) is 5.73 Å². The summed E-state index contributed by atoms with van der Waals surface area (Å²) in [5, 5.41) is 46.5. The van der Waals surface area contributed by atoms with Gasteiger partial charge < -0.3 is 47.3 Å². The molecule has 0 radical (unpaired) electrons. The molecular formula is C33H44ClN10O11+. The number of nitrogens with zero attached hydrogens (tertiary/aromatic N) is 5. The predicted octanol–water partition coefficient (Wildman–Crippen LogP) is 1.44. The molecule has 1 aromatic carbocycles. The van der Waals surface area contributed by atoms with Crippen LogP contribution >= 0.6 is 12.4 Å². The Morgan fingerprint density at radius 2 is 1.51 bits per heavy atom. The Morgan fingerprint density at radius 3 is 2.00 bits per heavy atom. The molecule has 0 fully saturated rings. The molecular weight excluding hydrogens is 748 g/mol. The quantitative estimate of drug-likeness (QED) is 0.0530. The van der Waals surface area contributed by atoms with Crippen LogP contribution in [0.15, 0.2) is 30.5 Å². The fourth-order valence-corrected chi connectivity index (χ4v) is 4.44. The van der Waals surface area contributed by atoms with Crippen molar-refractivity contribution in [2.24, 2.45) is 0 Å². The zero-order valence-electron chi connectivity index (χ0n) is 31.0. The Labute approximate surface area is 320 Å². The van der Waals surface area contributed by atoms with Crippen molar-refractivity contribution >= 4 is 77.1 Å². The van der Waals surface area contributed by atoms with Crippen LogP contribution in [-0.2, 0) is 35.2 Å². The molecule has 0 saturated heterocycles. The molecule has 1 unspecified atom stereocenters. The SMILES string of the molecule is CC(=O)N[C@@H](CCC(=O)C=[N+]=[N-])C(=O)O.CCC(=O)O.CCC(Cc1cnc2nc(=N)[nH]c(N)c2n1)c1ccc(C(=O)N[C@@H](CCC(=O)O)C(=O)O)cc1.Cl.[H+]. The first-order valence-electron chi connectivity index (χ1n) is 16.2. The number of benzene rings is 1. The largest absolute Gasteiger partial charge is 1.00 e. The third-order valence-corrected chi connectivity index (χ3v) is 7.23. The molecule has 10 N–H and O–H groups in total. The summed E-state index contributed by atoms with van der Waals surface area (Å²) in [5.41, 5.74) is 16.4. The number of hydrogen-bond acceptors (Lipinski definition) is 12. The lowest BCUT2D eigenvalue weighted by atomic mass is 9.91. The highest BCUT2D eigenvalue weighted by Gasteiger charge is 2.22. The number of carboxylic acid groups (broad SMARTS) is 4. The number of nitrogens with one attached hydrogen (secondary N) is 4. The fraction of sp³-hybridized carbons (Fsp3) is 0.394. The second-order valence-corrected chi connectivity index (χ2v) is 11.3. The normalized spacial score (nSPS) is 11.5. The van der Waals surface area contributed by atoms with Crippen molar-refractivity contribution in [1.82, 2.24) is 30.6 Å². The van der Waals surface area contributed by atoms with Crippen LogP contribution in [0.4, 0.5) is 5.82 Å². The van der Waals surface area contributed by atoms with E-state index in [1.165, 1.54) is 6.92 Å². The van der Waals surface area contributed by atoms with Crippen molar-refractivity contribution in [1.29, 1.82) is 5.41 Å². The number of halogens is 1. The van der Waals surface area contributed by atoms with Gasteiger partial charge in [0, 0.05) is 31.7 Å². The summed E-state index contributed by atoms with van der Waals surface area (Å²) < 4.78 is 0. The van der Waals surface area contributed by atoms with Crippen LogP contribution in [0.3, 0.4) is 0 Å². The second kappa shape index (κ2) is 24.6. The Kier molecular flexibility index (Phi) is 21.7. The summed E-state index contributed by atoms with van der Waals surface area (Å²) in [6.07, 6.45) is 3.13. The van der Waals surface area contributed by atoms with Gasteiger partial charge in [-0.15, -0.1) is 12.4 Å². The molecule has 298 valence electrons. The molecule has 2 amide bonds. The minimum atomic E-state index is -1.29. The number of carboxylic acids is 4. The van der Waals surface area contributed by atoms with E-state index in [1.54, 1.807) is 37.4 Å². The zero-order valence-corrected chi connectivity index (χ0v) is 30.8. The third kappa shape index (κ3) is 18.1. The highest BCUT2D eigenvalue weighted by molar-refractivity contribution is 6.25. The first-order chi connectivity index (χ1) is 25.4. The number of nitrogens with two attached hydrogens (primary N) is 1. The van der Waals surface area contributed by atoms with Crippen LogP contribution < -0.4 is 22.0 Å². The fourth-order valence-electron chi connectivity index (χ4n) is 4.44. The van der Waals surface area contributed by atoms with Gasteiger partial charge in [-0.05, 0) is 49.3 Å². The Balaban J connectivity index is 0. The third-order valence-electron chi connectivity index (χ3n) is 7.23. The first kappa shape index (κ1) is 48.4. The number of rotatable bonds is 17. The maximum atomic E-state index is 12.5. The number of aliphatic carboxylic acids is 4. The topological polar surface area (TPSA) is 365 Å². The van der Waals surface area contributed by atoms with Crippen molar-refractivity contribution in [2.45, 2.75) is 83.7 Å². The van der Waals surface area contributed by atoms with Crippen LogP contribution in [0.5, 0.6) is 0 Å². The number of H-pyrrole nitrogens is 1. The van der Waals surface area contributed by atoms with Gasteiger partial charge in [-0.3, -0.25) is 29.4 Å². The van der Waals surface area contributed by atoms with Gasteiger partial charge in [-0.1, -0.05) is 26.0 Å². The predicted molar refractivity (Wildman–Crippen MR) is 196 cm³/mol. The first-order valence-corrected chi connectivity index (χ1v) is 16.2. The van der Waals surface area contributed by atoms with Gasteiger partial charge >= 0.3 is 31.5 Å². The highest BCUT2D eigenvalue weighted by atomic mass is 35.5. The number of aromatic nitrogens is 4. The molecule has 2 aromatic heterocycles. The maximum absolute atomic E-state index is 12.5. The lowest BCUT2D eigenvalue weighted by Gasteiger charge is -2.17. The minimum Gasteiger partial charge on any atom is -0.481 e. The molecule has 55 heavy (non-hydrogen) atoms. The zero-order chi connectivity index (χ0) is 41.0. The van der Waals surface area contributed by atoms with Crippen LogP contribution in [0.1, 0.15) is 88.3 Å². The molecule has 22 heteroatoms. The van der Waals surface area contributed by atoms with Crippen molar-refractivity contribution < 1.29 is 60.2 Å². The summed E-state index contributed by atoms with van der Waals surface area (Å²) in [7, 11) is 0. The molecule has 0 spiro atoms. The number of ketones is 1. The smallest absolute Gasteiger partial charge is 0.481 e. The monoisotopic (exact) mass is 791 g/mol. The summed E-state index contributed by atoms with van der Waals surface area (Å²) >= 11 is 0. The lowest BCUT2D eigenvalue weighted by Crippen LogP contribution is -2.41. The molecule has 2 heterocycles. The molecule has 3 atom stereocenters. The van der Waals surface area contributed by atoms with E-state index in [4.69, 9.17) is 32.0 Å². The molecule has 3 rings (SSSR count). The van der Waals surface area contributed by atoms with E-state index in [0.29, 0.717) is 23.8 Å². The molecule has 0 saturated carbocycles. The lowest BCUT2D eigenvalue weighted by molar-refractivity contribution is -0.142. The summed E-state index contributed by atoms with van der Waals surface area (Å²) in [6.45, 7) is 4.81. The number of carbonyl (C=O) groups is 7. The standard InChI is InChI=1S/C22H25N7O5.C8H11N3O4.C3H6O2.ClH/c1-2-11(9-14-10-25-19-17(26-14)18(23)28-22(24)29-19)12-3-5-13(6-4-12)20(32)27-15(21(33)34)7-8-16(30)31;1-5(12)11-7(8(14)15)3-2-6(13)4-10-9;1-2-3(4)5;/h3-6,10-11,15H,2,7-9H2,1H3,(H,27,32)(H,30,31)(H,33,34)(H4,23,24,25,28,29);4,7H,2-3H2,1H3,(H,11,12)(H,14,15);2H2,1H3,(H,4,5);1H/p+1/t11?,15-;7-;;/m00../s1. The van der Waals surface area contributed by atoms with E-state index in [0.717, 1.165) is 12.0 Å². The van der Waals surface area contributed by atoms with Gasteiger partial charge in [0.25, 0.3) is 5.91 Å². The van der Waals surface area contributed by atoms with E-state index in [1.807, 2.05) is 6.92 Å². The van der Waals surface area contributed by atoms with Gasteiger partial charge in [0.1, 0.15) is 23.4 Å². The Hall–Kier alpha value is -6.60. The van der Waals surface area contributed by atoms with E-state index < -0.39 is 53.6 Å². The van der Waals surface area contributed by atoms with E-state index in [-0.39, 0.29) is 74.5 Å². The van der Waals surface area contributed by atoms with Crippen LogP contribution in [0, 0.1) is 5.41 Å². The second-order valence-electron chi connectivity index (χ2n) is 11.3. The van der Waals surface area contributed by atoms with E-state index in [2.05, 4.69) is 35.4 Å². The van der Waals surface area contributed by atoms with E-state index in [9.17, 15) is 38.7 Å². The van der Waals surface area contributed by atoms with Gasteiger partial charge in [0.15, 0.2) is 5.65 Å². The summed E-state index contributed by atoms with van der Waals surface area (Å²) in [4.78, 5) is 93.8. The maximum Gasteiger partial charge on any atom is 1.00 e. The number of amides is 2. The molecule has 3 aromatic rings. The summed E-state index contributed by atoms with van der Waals surface area (Å²) in [6, 6.07) is 4.40. The average Bonchev–Trinajstić information content (AvgIpc) is 3.11. The van der Waals surface area contributed by atoms with E-state index >= 15 is 0 Å². The summed E-state index contributed by atoms with van der Waals surface area (Å²) in [5.74, 6) is -5.67. The molecule has 0 aliphatic heterocycles. The van der Waals surface area contributed by atoms with Gasteiger partial charge in [0.05, 0.1) is 11.9 Å². The number of Topliss-reactive ketones (excluding diaryl/α,β-unsaturated/α-hetero) is 1. The number of hydrogen-bond donors (Lipinski definition) is 9. The molecule has 0 aliphatic carbocycles. The van der Waals surface area contributed by atoms with Crippen molar-refractivity contribution in [3.8, 4) is 0 Å². The molecule has 0 bridgehead atoms. The molecule has 0 aliphatic rings. The Morgan fingerprint density at radius 1 is 0.945 bits per heavy atom. The number of nitrogen functional groups attached to an aromatic ring is 1. The van der Waals surface area contributed by atoms with Crippen molar-refractivity contribution in [3.05, 3.63) is 58.4 Å². The number of aromatic amines is 1. The van der Waals surface area contributed by atoms with Crippen molar-refractivity contribution in [3.63, 3.8) is 0 Å². The van der Waals surface area contributed by atoms with Gasteiger partial charge in [0.2, 0.25) is 17.3 Å². The number of anilines is 1. The van der Waals surface area contributed by atoms with Gasteiger partial charge in [-0.25, -0.2) is 19.6 Å². The number of fused-ring (bicyclic) bond motifs is 1. The van der Waals surface area contributed by atoms with Crippen LogP contribution in [0.2, 0.25) is 0 Å². The number of carbonyl (C=O) groups excluding carboxylic acids is 3.